The maximum absolute atomic E-state index is 6.08. The Kier molecular flexibility index (Phi) is 5.11. The van der Waals surface area contributed by atoms with Gasteiger partial charge in [-0.05, 0) is 37.4 Å². The standard InChI is InChI=1S/C21H27N5O2/c1-24-8-10-25(11-9-24)14-18-21(23-20-7-4-15(22)13-26(18)20)17-12-16(27-2)5-6-19(17)28-3/h4-7,12-13H,8-11,14,22H2,1-3H3. The van der Waals surface area contributed by atoms with Crippen LogP contribution in [0.25, 0.3) is 16.9 Å². The van der Waals surface area contributed by atoms with Crippen LogP contribution in [0.5, 0.6) is 11.5 Å². The van der Waals surface area contributed by atoms with Crippen molar-refractivity contribution in [2.45, 2.75) is 6.54 Å². The maximum Gasteiger partial charge on any atom is 0.137 e. The van der Waals surface area contributed by atoms with Crippen LogP contribution in [0.15, 0.2) is 36.5 Å². The van der Waals surface area contributed by atoms with Gasteiger partial charge in [-0.15, -0.1) is 0 Å². The van der Waals surface area contributed by atoms with Crippen molar-refractivity contribution in [2.75, 3.05) is 53.2 Å². The summed E-state index contributed by atoms with van der Waals surface area (Å²) in [4.78, 5) is 9.74. The number of fused-ring (bicyclic) bond motifs is 1. The van der Waals surface area contributed by atoms with Crippen molar-refractivity contribution in [3.8, 4) is 22.8 Å². The molecule has 0 unspecified atom stereocenters. The molecule has 1 aromatic carbocycles. The molecule has 7 nitrogen and oxygen atoms in total. The maximum atomic E-state index is 6.08. The van der Waals surface area contributed by atoms with E-state index in [0.717, 1.165) is 66.8 Å². The number of nitrogens with zero attached hydrogens (tertiary/aromatic N) is 4. The highest BCUT2D eigenvalue weighted by Crippen LogP contribution is 2.36. The molecule has 2 aromatic heterocycles. The van der Waals surface area contributed by atoms with Crippen LogP contribution >= 0.6 is 0 Å². The molecule has 0 saturated carbocycles. The van der Waals surface area contributed by atoms with Gasteiger partial charge in [-0.3, -0.25) is 4.90 Å². The van der Waals surface area contributed by atoms with E-state index in [1.54, 1.807) is 14.2 Å². The molecule has 1 aliphatic rings. The van der Waals surface area contributed by atoms with Gasteiger partial charge in [-0.25, -0.2) is 4.98 Å². The molecule has 148 valence electrons. The third kappa shape index (κ3) is 3.50. The third-order valence-electron chi connectivity index (χ3n) is 5.37. The molecule has 1 aliphatic heterocycles. The predicted octanol–water partition coefficient (Wildman–Crippen LogP) is 2.35. The lowest BCUT2D eigenvalue weighted by molar-refractivity contribution is 0.147. The smallest absolute Gasteiger partial charge is 0.137 e. The molecule has 0 bridgehead atoms. The Hall–Kier alpha value is -2.77. The highest BCUT2D eigenvalue weighted by atomic mass is 16.5. The van der Waals surface area contributed by atoms with Crippen LogP contribution < -0.4 is 15.2 Å². The minimum atomic E-state index is 0.716. The normalized spacial score (nSPS) is 15.8. The second kappa shape index (κ2) is 7.69. The predicted molar refractivity (Wildman–Crippen MR) is 111 cm³/mol. The summed E-state index contributed by atoms with van der Waals surface area (Å²) in [6, 6.07) is 9.65. The van der Waals surface area contributed by atoms with Gasteiger partial charge in [-0.1, -0.05) is 0 Å². The number of nitrogen functional groups attached to an aromatic ring is 1. The number of hydrogen-bond donors (Lipinski definition) is 1. The minimum Gasteiger partial charge on any atom is -0.497 e. The monoisotopic (exact) mass is 381 g/mol. The number of anilines is 1. The Morgan fingerprint density at radius 3 is 2.54 bits per heavy atom. The first kappa shape index (κ1) is 18.6. The number of aromatic nitrogens is 2. The van der Waals surface area contributed by atoms with Gasteiger partial charge in [0.2, 0.25) is 0 Å². The molecule has 0 aliphatic carbocycles. The van der Waals surface area contributed by atoms with E-state index in [4.69, 9.17) is 20.2 Å². The van der Waals surface area contributed by atoms with Gasteiger partial charge in [0.25, 0.3) is 0 Å². The highest BCUT2D eigenvalue weighted by molar-refractivity contribution is 5.74. The van der Waals surface area contributed by atoms with Crippen molar-refractivity contribution in [3.63, 3.8) is 0 Å². The Balaban J connectivity index is 1.84. The third-order valence-corrected chi connectivity index (χ3v) is 5.37. The first-order chi connectivity index (χ1) is 13.6. The number of methoxy groups -OCH3 is 2. The van der Waals surface area contributed by atoms with Crippen LogP contribution in [-0.4, -0.2) is 66.6 Å². The van der Waals surface area contributed by atoms with Crippen LogP contribution in [-0.2, 0) is 6.54 Å². The fourth-order valence-corrected chi connectivity index (χ4v) is 3.69. The minimum absolute atomic E-state index is 0.716. The number of likely N-dealkylation sites (N-methyl/N-ethyl adjacent to an activating group) is 1. The summed E-state index contributed by atoms with van der Waals surface area (Å²) in [6.07, 6.45) is 1.95. The summed E-state index contributed by atoms with van der Waals surface area (Å²) in [5.41, 5.74) is 10.6. The van der Waals surface area contributed by atoms with Crippen molar-refractivity contribution in [1.29, 1.82) is 0 Å². The molecule has 7 heteroatoms. The number of rotatable bonds is 5. The molecule has 0 radical (unpaired) electrons. The number of pyridine rings is 1. The van der Waals surface area contributed by atoms with E-state index in [0.29, 0.717) is 5.69 Å². The van der Waals surface area contributed by atoms with Gasteiger partial charge in [0.05, 0.1) is 25.6 Å². The Morgan fingerprint density at radius 1 is 1.04 bits per heavy atom. The van der Waals surface area contributed by atoms with Crippen LogP contribution in [0.3, 0.4) is 0 Å². The van der Waals surface area contributed by atoms with Crippen molar-refractivity contribution in [3.05, 3.63) is 42.2 Å². The molecule has 1 saturated heterocycles. The lowest BCUT2D eigenvalue weighted by atomic mass is 10.1. The van der Waals surface area contributed by atoms with Crippen LogP contribution in [0.4, 0.5) is 5.69 Å². The van der Waals surface area contributed by atoms with Crippen molar-refractivity contribution < 1.29 is 9.47 Å². The van der Waals surface area contributed by atoms with E-state index in [2.05, 4.69) is 21.2 Å². The zero-order valence-corrected chi connectivity index (χ0v) is 16.7. The summed E-state index contributed by atoms with van der Waals surface area (Å²) >= 11 is 0. The number of hydrogen-bond acceptors (Lipinski definition) is 6. The Morgan fingerprint density at radius 2 is 1.82 bits per heavy atom. The summed E-state index contributed by atoms with van der Waals surface area (Å²) in [5.74, 6) is 1.55. The SMILES string of the molecule is COc1ccc(OC)c(-c2nc3ccc(N)cn3c2CN2CCN(C)CC2)c1. The Labute approximate surface area is 165 Å². The number of imidazole rings is 1. The van der Waals surface area contributed by atoms with E-state index in [1.807, 2.05) is 36.5 Å². The van der Waals surface area contributed by atoms with E-state index < -0.39 is 0 Å². The van der Waals surface area contributed by atoms with E-state index in [-0.39, 0.29) is 0 Å². The molecule has 1 fully saturated rings. The summed E-state index contributed by atoms with van der Waals surface area (Å²) in [5, 5.41) is 0. The number of nitrogens with two attached hydrogens (primary N) is 1. The number of benzene rings is 1. The molecule has 3 heterocycles. The first-order valence-electron chi connectivity index (χ1n) is 9.49. The van der Waals surface area contributed by atoms with Gasteiger partial charge in [-0.2, -0.15) is 0 Å². The van der Waals surface area contributed by atoms with Crippen LogP contribution in [0, 0.1) is 0 Å². The lowest BCUT2D eigenvalue weighted by Crippen LogP contribution is -2.44. The summed E-state index contributed by atoms with van der Waals surface area (Å²) in [6.45, 7) is 4.99. The van der Waals surface area contributed by atoms with Gasteiger partial charge < -0.3 is 24.5 Å². The molecule has 0 amide bonds. The first-order valence-corrected chi connectivity index (χ1v) is 9.49. The molecule has 3 aromatic rings. The molecule has 28 heavy (non-hydrogen) atoms. The lowest BCUT2D eigenvalue weighted by Gasteiger charge is -2.32. The summed E-state index contributed by atoms with van der Waals surface area (Å²) < 4.78 is 13.2. The van der Waals surface area contributed by atoms with E-state index in [1.165, 1.54) is 0 Å². The highest BCUT2D eigenvalue weighted by Gasteiger charge is 2.22. The fourth-order valence-electron chi connectivity index (χ4n) is 3.69. The van der Waals surface area contributed by atoms with Crippen molar-refractivity contribution >= 4 is 11.3 Å². The molecular formula is C21H27N5O2. The van der Waals surface area contributed by atoms with Gasteiger partial charge in [0.1, 0.15) is 17.1 Å². The molecular weight excluding hydrogens is 354 g/mol. The second-order valence-electron chi connectivity index (χ2n) is 7.24. The van der Waals surface area contributed by atoms with Gasteiger partial charge in [0, 0.05) is 50.2 Å². The van der Waals surface area contributed by atoms with Crippen molar-refractivity contribution in [2.24, 2.45) is 0 Å². The number of piperazine rings is 1. The Bertz CT molecular complexity index is 976. The number of ether oxygens (including phenoxy) is 2. The van der Waals surface area contributed by atoms with Gasteiger partial charge in [0.15, 0.2) is 0 Å². The molecule has 0 atom stereocenters. The largest absolute Gasteiger partial charge is 0.497 e. The van der Waals surface area contributed by atoms with E-state index in [9.17, 15) is 0 Å². The zero-order valence-electron chi connectivity index (χ0n) is 16.7. The average Bonchev–Trinajstić information content (AvgIpc) is 3.06. The second-order valence-corrected chi connectivity index (χ2v) is 7.24. The quantitative estimate of drug-likeness (QED) is 0.732. The van der Waals surface area contributed by atoms with Crippen molar-refractivity contribution in [1.82, 2.24) is 19.2 Å². The topological polar surface area (TPSA) is 68.3 Å². The summed E-state index contributed by atoms with van der Waals surface area (Å²) in [7, 11) is 5.51. The van der Waals surface area contributed by atoms with Crippen LogP contribution in [0.1, 0.15) is 5.69 Å². The molecule has 2 N–H and O–H groups in total. The van der Waals surface area contributed by atoms with Gasteiger partial charge >= 0.3 is 0 Å². The van der Waals surface area contributed by atoms with E-state index >= 15 is 0 Å². The molecule has 0 spiro atoms. The fraction of sp³-hybridized carbons (Fsp3) is 0.381. The average molecular weight is 381 g/mol. The van der Waals surface area contributed by atoms with Crippen LogP contribution in [0.2, 0.25) is 0 Å². The molecule has 4 rings (SSSR count). The zero-order chi connectivity index (χ0) is 19.7.